The number of rotatable bonds is 3. The van der Waals surface area contributed by atoms with Crippen LogP contribution in [0.15, 0.2) is 36.4 Å². The maximum atomic E-state index is 12.9. The highest BCUT2D eigenvalue weighted by atomic mass is 16.6. The quantitative estimate of drug-likeness (QED) is 0.936. The maximum absolute atomic E-state index is 12.9. The average molecular weight is 323 g/mol. The van der Waals surface area contributed by atoms with E-state index in [0.29, 0.717) is 13.2 Å². The molecule has 1 aliphatic carbocycles. The molecule has 1 aliphatic heterocycles. The van der Waals surface area contributed by atoms with Gasteiger partial charge in [0, 0.05) is 5.69 Å². The molecule has 2 aromatic carbocycles. The van der Waals surface area contributed by atoms with Gasteiger partial charge >= 0.3 is 0 Å². The summed E-state index contributed by atoms with van der Waals surface area (Å²) in [6.45, 7) is 5.17. The molecule has 2 aliphatic rings. The van der Waals surface area contributed by atoms with Crippen molar-refractivity contribution in [2.24, 2.45) is 0 Å². The largest absolute Gasteiger partial charge is 0.486 e. The van der Waals surface area contributed by atoms with Gasteiger partial charge in [-0.1, -0.05) is 18.2 Å². The summed E-state index contributed by atoms with van der Waals surface area (Å²) >= 11 is 0. The summed E-state index contributed by atoms with van der Waals surface area (Å²) in [5.74, 6) is 1.56. The number of hydrogen-bond donors (Lipinski definition) is 1. The van der Waals surface area contributed by atoms with Gasteiger partial charge in [-0.2, -0.15) is 0 Å². The van der Waals surface area contributed by atoms with E-state index in [-0.39, 0.29) is 5.91 Å². The molecule has 1 N–H and O–H groups in total. The molecular formula is C20H21NO3. The van der Waals surface area contributed by atoms with Crippen molar-refractivity contribution >= 4 is 11.6 Å². The third-order valence-corrected chi connectivity index (χ3v) is 4.92. The highest BCUT2D eigenvalue weighted by Gasteiger charge is 2.51. The van der Waals surface area contributed by atoms with Gasteiger partial charge in [-0.15, -0.1) is 0 Å². The Kier molecular flexibility index (Phi) is 3.48. The van der Waals surface area contributed by atoms with Gasteiger partial charge in [-0.05, 0) is 61.6 Å². The molecule has 124 valence electrons. The van der Waals surface area contributed by atoms with Crippen molar-refractivity contribution in [2.45, 2.75) is 32.1 Å². The first-order chi connectivity index (χ1) is 11.6. The Balaban J connectivity index is 1.61. The van der Waals surface area contributed by atoms with E-state index in [9.17, 15) is 4.79 Å². The van der Waals surface area contributed by atoms with Crippen LogP contribution >= 0.6 is 0 Å². The van der Waals surface area contributed by atoms with Crippen LogP contribution < -0.4 is 14.8 Å². The highest BCUT2D eigenvalue weighted by Crippen LogP contribution is 2.51. The van der Waals surface area contributed by atoms with Crippen molar-refractivity contribution in [1.82, 2.24) is 0 Å². The summed E-state index contributed by atoms with van der Waals surface area (Å²) in [5.41, 5.74) is 3.68. The SMILES string of the molecule is Cc1ccc(C)c(NC(=O)C2(c3ccc4c(c3)OCCO4)CC2)c1. The van der Waals surface area contributed by atoms with Crippen LogP contribution in [0, 0.1) is 13.8 Å². The van der Waals surface area contributed by atoms with Crippen LogP contribution in [0.3, 0.4) is 0 Å². The number of fused-ring (bicyclic) bond motifs is 1. The summed E-state index contributed by atoms with van der Waals surface area (Å²) in [5, 5.41) is 3.12. The van der Waals surface area contributed by atoms with E-state index in [1.165, 1.54) is 0 Å². The molecule has 1 fully saturated rings. The molecule has 0 unspecified atom stereocenters. The van der Waals surface area contributed by atoms with E-state index in [0.717, 1.165) is 46.7 Å². The third-order valence-electron chi connectivity index (χ3n) is 4.92. The van der Waals surface area contributed by atoms with Crippen molar-refractivity contribution < 1.29 is 14.3 Å². The molecule has 0 bridgehead atoms. The van der Waals surface area contributed by atoms with Gasteiger partial charge in [0.25, 0.3) is 0 Å². The van der Waals surface area contributed by atoms with E-state index in [1.54, 1.807) is 0 Å². The highest BCUT2D eigenvalue weighted by molar-refractivity contribution is 6.02. The van der Waals surface area contributed by atoms with Crippen LogP contribution in [0.5, 0.6) is 11.5 Å². The molecule has 1 heterocycles. The van der Waals surface area contributed by atoms with E-state index in [2.05, 4.69) is 11.4 Å². The first kappa shape index (κ1) is 15.1. The van der Waals surface area contributed by atoms with Gasteiger partial charge in [0.15, 0.2) is 11.5 Å². The van der Waals surface area contributed by atoms with E-state index < -0.39 is 5.41 Å². The minimum Gasteiger partial charge on any atom is -0.486 e. The van der Waals surface area contributed by atoms with Crippen molar-refractivity contribution in [3.05, 3.63) is 53.1 Å². The smallest absolute Gasteiger partial charge is 0.235 e. The number of carbonyl (C=O) groups is 1. The fourth-order valence-corrected chi connectivity index (χ4v) is 3.23. The van der Waals surface area contributed by atoms with Crippen LogP contribution in [0.1, 0.15) is 29.5 Å². The molecule has 1 amide bonds. The zero-order chi connectivity index (χ0) is 16.7. The minimum atomic E-state index is -0.438. The second-order valence-corrected chi connectivity index (χ2v) is 6.71. The number of benzene rings is 2. The van der Waals surface area contributed by atoms with Gasteiger partial charge in [0.1, 0.15) is 13.2 Å². The third kappa shape index (κ3) is 2.52. The number of nitrogens with one attached hydrogen (secondary N) is 1. The van der Waals surface area contributed by atoms with E-state index in [4.69, 9.17) is 9.47 Å². The lowest BCUT2D eigenvalue weighted by atomic mass is 9.94. The molecule has 4 nitrogen and oxygen atoms in total. The Bertz CT molecular complexity index is 809. The number of anilines is 1. The topological polar surface area (TPSA) is 47.6 Å². The van der Waals surface area contributed by atoms with E-state index in [1.807, 2.05) is 44.2 Å². The van der Waals surface area contributed by atoms with Crippen LogP contribution in [0.25, 0.3) is 0 Å². The first-order valence-electron chi connectivity index (χ1n) is 8.37. The maximum Gasteiger partial charge on any atom is 0.235 e. The van der Waals surface area contributed by atoms with E-state index >= 15 is 0 Å². The molecule has 0 radical (unpaired) electrons. The second kappa shape index (κ2) is 5.55. The first-order valence-corrected chi connectivity index (χ1v) is 8.37. The second-order valence-electron chi connectivity index (χ2n) is 6.71. The minimum absolute atomic E-state index is 0.0628. The summed E-state index contributed by atoms with van der Waals surface area (Å²) in [7, 11) is 0. The summed E-state index contributed by atoms with van der Waals surface area (Å²) < 4.78 is 11.2. The fourth-order valence-electron chi connectivity index (χ4n) is 3.23. The lowest BCUT2D eigenvalue weighted by Crippen LogP contribution is -2.28. The summed E-state index contributed by atoms with van der Waals surface area (Å²) in [6.07, 6.45) is 1.73. The molecule has 4 rings (SSSR count). The Morgan fingerprint density at radius 2 is 1.75 bits per heavy atom. The molecular weight excluding hydrogens is 302 g/mol. The van der Waals surface area contributed by atoms with Crippen molar-refractivity contribution in [2.75, 3.05) is 18.5 Å². The fraction of sp³-hybridized carbons (Fsp3) is 0.350. The Morgan fingerprint density at radius 3 is 2.50 bits per heavy atom. The van der Waals surface area contributed by atoms with Crippen LogP contribution in [0.4, 0.5) is 5.69 Å². The van der Waals surface area contributed by atoms with Gasteiger partial charge in [-0.25, -0.2) is 0 Å². The average Bonchev–Trinajstić information content (AvgIpc) is 3.40. The van der Waals surface area contributed by atoms with Gasteiger partial charge < -0.3 is 14.8 Å². The summed E-state index contributed by atoms with van der Waals surface area (Å²) in [6, 6.07) is 12.0. The Morgan fingerprint density at radius 1 is 1.00 bits per heavy atom. The molecule has 1 saturated carbocycles. The molecule has 0 atom stereocenters. The Labute approximate surface area is 141 Å². The van der Waals surface area contributed by atoms with Crippen molar-refractivity contribution in [3.8, 4) is 11.5 Å². The lowest BCUT2D eigenvalue weighted by Gasteiger charge is -2.22. The monoisotopic (exact) mass is 323 g/mol. The number of amides is 1. The lowest BCUT2D eigenvalue weighted by molar-refractivity contribution is -0.118. The summed E-state index contributed by atoms with van der Waals surface area (Å²) in [4.78, 5) is 12.9. The van der Waals surface area contributed by atoms with Crippen molar-refractivity contribution in [3.63, 3.8) is 0 Å². The van der Waals surface area contributed by atoms with Crippen molar-refractivity contribution in [1.29, 1.82) is 0 Å². The molecule has 2 aromatic rings. The molecule has 24 heavy (non-hydrogen) atoms. The molecule has 0 spiro atoms. The molecule has 0 aromatic heterocycles. The zero-order valence-electron chi connectivity index (χ0n) is 14.0. The number of carbonyl (C=O) groups excluding carboxylic acids is 1. The number of hydrogen-bond acceptors (Lipinski definition) is 3. The predicted octanol–water partition coefficient (Wildman–Crippen LogP) is 3.74. The number of ether oxygens (including phenoxy) is 2. The predicted molar refractivity (Wildman–Crippen MR) is 92.9 cm³/mol. The van der Waals surface area contributed by atoms with Crippen LogP contribution in [-0.2, 0) is 10.2 Å². The van der Waals surface area contributed by atoms with Gasteiger partial charge in [0.05, 0.1) is 5.41 Å². The standard InChI is InChI=1S/C20H21NO3/c1-13-3-4-14(2)16(11-13)21-19(22)20(7-8-20)15-5-6-17-18(12-15)24-10-9-23-17/h3-6,11-12H,7-10H2,1-2H3,(H,21,22). The number of aryl methyl sites for hydroxylation is 2. The van der Waals surface area contributed by atoms with Gasteiger partial charge in [-0.3, -0.25) is 4.79 Å². The molecule has 4 heteroatoms. The molecule has 0 saturated heterocycles. The normalized spacial score (nSPS) is 17.2. The van der Waals surface area contributed by atoms with Crippen LogP contribution in [0.2, 0.25) is 0 Å². The zero-order valence-corrected chi connectivity index (χ0v) is 14.0. The Hall–Kier alpha value is -2.49. The van der Waals surface area contributed by atoms with Crippen LogP contribution in [-0.4, -0.2) is 19.1 Å². The van der Waals surface area contributed by atoms with Gasteiger partial charge in [0.2, 0.25) is 5.91 Å².